The van der Waals surface area contributed by atoms with Gasteiger partial charge < -0.3 is 15.4 Å². The molecular weight excluding hydrogens is 304 g/mol. The third-order valence-corrected chi connectivity index (χ3v) is 3.20. The summed E-state index contributed by atoms with van der Waals surface area (Å²) in [4.78, 5) is 4.36. The molecule has 0 amide bonds. The van der Waals surface area contributed by atoms with Gasteiger partial charge >= 0.3 is 0 Å². The van der Waals surface area contributed by atoms with Crippen LogP contribution in [-0.4, -0.2) is 22.3 Å². The third kappa shape index (κ3) is 3.56. The van der Waals surface area contributed by atoms with Crippen LogP contribution in [0.25, 0.3) is 0 Å². The summed E-state index contributed by atoms with van der Waals surface area (Å²) in [5.74, 6) is 1.57. The molecule has 0 saturated carbocycles. The maximum atomic E-state index is 8.82. The van der Waals surface area contributed by atoms with Crippen LogP contribution in [-0.2, 0) is 0 Å². The summed E-state index contributed by atoms with van der Waals surface area (Å²) in [7, 11) is 1.60. The van der Waals surface area contributed by atoms with Crippen molar-refractivity contribution >= 4 is 23.1 Å². The second-order valence-corrected chi connectivity index (χ2v) is 4.80. The van der Waals surface area contributed by atoms with Gasteiger partial charge in [0.25, 0.3) is 0 Å². The minimum absolute atomic E-state index is 0.346. The fourth-order valence-corrected chi connectivity index (χ4v) is 2.06. The predicted octanol–water partition coefficient (Wildman–Crippen LogP) is 3.24. The van der Waals surface area contributed by atoms with Crippen LogP contribution in [0.4, 0.5) is 23.1 Å². The van der Waals surface area contributed by atoms with E-state index >= 15 is 0 Å². The first kappa shape index (κ1) is 15.2. The molecule has 0 unspecified atom stereocenters. The quantitative estimate of drug-likeness (QED) is 0.745. The number of nitriles is 1. The van der Waals surface area contributed by atoms with Gasteiger partial charge in [-0.05, 0) is 36.4 Å². The second-order valence-electron chi connectivity index (χ2n) is 4.80. The highest BCUT2D eigenvalue weighted by Gasteiger charge is 2.06. The van der Waals surface area contributed by atoms with Crippen molar-refractivity contribution in [3.63, 3.8) is 0 Å². The fraction of sp³-hybridized carbons (Fsp3) is 0.0588. The minimum Gasteiger partial charge on any atom is -0.495 e. The Morgan fingerprint density at radius 1 is 1.04 bits per heavy atom. The smallest absolute Gasteiger partial charge is 0.249 e. The van der Waals surface area contributed by atoms with Crippen LogP contribution in [0.3, 0.4) is 0 Å². The van der Waals surface area contributed by atoms with Crippen LogP contribution < -0.4 is 15.4 Å². The topological polar surface area (TPSA) is 95.8 Å². The normalized spacial score (nSPS) is 9.83. The average Bonchev–Trinajstić information content (AvgIpc) is 2.63. The first-order valence-corrected chi connectivity index (χ1v) is 7.15. The highest BCUT2D eigenvalue weighted by atomic mass is 16.5. The highest BCUT2D eigenvalue weighted by molar-refractivity contribution is 5.63. The molecule has 3 aromatic rings. The third-order valence-electron chi connectivity index (χ3n) is 3.20. The summed E-state index contributed by atoms with van der Waals surface area (Å²) >= 11 is 0. The van der Waals surface area contributed by atoms with Gasteiger partial charge in [0, 0.05) is 5.69 Å². The van der Waals surface area contributed by atoms with Crippen molar-refractivity contribution in [2.24, 2.45) is 0 Å². The molecule has 1 heterocycles. The molecule has 0 aliphatic heterocycles. The number of anilines is 4. The molecule has 7 nitrogen and oxygen atoms in total. The number of hydrogen-bond donors (Lipinski definition) is 2. The molecule has 3 rings (SSSR count). The number of hydrogen-bond acceptors (Lipinski definition) is 7. The zero-order chi connectivity index (χ0) is 16.8. The predicted molar refractivity (Wildman–Crippen MR) is 90.5 cm³/mol. The van der Waals surface area contributed by atoms with Crippen molar-refractivity contribution in [3.8, 4) is 11.8 Å². The van der Waals surface area contributed by atoms with Gasteiger partial charge in [0.1, 0.15) is 5.75 Å². The van der Waals surface area contributed by atoms with E-state index < -0.39 is 0 Å². The monoisotopic (exact) mass is 318 g/mol. The van der Waals surface area contributed by atoms with Gasteiger partial charge in [-0.15, -0.1) is 5.10 Å². The van der Waals surface area contributed by atoms with Crippen molar-refractivity contribution in [2.45, 2.75) is 0 Å². The number of benzene rings is 2. The number of nitrogens with one attached hydrogen (secondary N) is 2. The molecule has 0 aliphatic rings. The Kier molecular flexibility index (Phi) is 4.49. The lowest BCUT2D eigenvalue weighted by Gasteiger charge is -2.10. The van der Waals surface area contributed by atoms with E-state index in [2.05, 4.69) is 31.9 Å². The van der Waals surface area contributed by atoms with Gasteiger partial charge in [0.05, 0.1) is 30.6 Å². The van der Waals surface area contributed by atoms with Gasteiger partial charge in [-0.2, -0.15) is 15.3 Å². The minimum atomic E-state index is 0.346. The van der Waals surface area contributed by atoms with Crippen LogP contribution in [0, 0.1) is 11.3 Å². The van der Waals surface area contributed by atoms with Gasteiger partial charge in [0.15, 0.2) is 5.82 Å². The number of methoxy groups -OCH3 is 1. The average molecular weight is 318 g/mol. The van der Waals surface area contributed by atoms with E-state index in [1.54, 1.807) is 31.4 Å². The number of para-hydroxylation sites is 2. The van der Waals surface area contributed by atoms with Crippen molar-refractivity contribution in [3.05, 3.63) is 60.3 Å². The molecule has 0 radical (unpaired) electrons. The Labute approximate surface area is 139 Å². The summed E-state index contributed by atoms with van der Waals surface area (Å²) < 4.78 is 5.28. The SMILES string of the molecule is COc1ccccc1Nc1nncc(Nc2ccc(C#N)cc2)n1. The van der Waals surface area contributed by atoms with Crippen LogP contribution in [0.5, 0.6) is 5.75 Å². The van der Waals surface area contributed by atoms with Gasteiger partial charge in [-0.1, -0.05) is 12.1 Å². The van der Waals surface area contributed by atoms with Crippen LogP contribution in [0.15, 0.2) is 54.7 Å². The molecule has 0 bridgehead atoms. The largest absolute Gasteiger partial charge is 0.495 e. The van der Waals surface area contributed by atoms with Crippen LogP contribution in [0.1, 0.15) is 5.56 Å². The Morgan fingerprint density at radius 2 is 1.83 bits per heavy atom. The van der Waals surface area contributed by atoms with Crippen LogP contribution >= 0.6 is 0 Å². The van der Waals surface area contributed by atoms with E-state index in [1.165, 1.54) is 6.20 Å². The summed E-state index contributed by atoms with van der Waals surface area (Å²) in [6, 6.07) is 16.6. The van der Waals surface area contributed by atoms with Crippen molar-refractivity contribution in [1.82, 2.24) is 15.2 Å². The molecular formula is C17H14N6O. The molecule has 0 fully saturated rings. The first-order valence-electron chi connectivity index (χ1n) is 7.15. The second kappa shape index (κ2) is 7.07. The Bertz CT molecular complexity index is 873. The summed E-state index contributed by atoms with van der Waals surface area (Å²) in [6.07, 6.45) is 1.52. The maximum absolute atomic E-state index is 8.82. The summed E-state index contributed by atoms with van der Waals surface area (Å²) in [6.45, 7) is 0. The Hall–Kier alpha value is -3.66. The van der Waals surface area contributed by atoms with E-state index in [4.69, 9.17) is 10.00 Å². The first-order chi connectivity index (χ1) is 11.8. The molecule has 2 N–H and O–H groups in total. The lowest BCUT2D eigenvalue weighted by Crippen LogP contribution is -2.03. The summed E-state index contributed by atoms with van der Waals surface area (Å²) in [5.41, 5.74) is 2.15. The van der Waals surface area contributed by atoms with Crippen molar-refractivity contribution in [1.29, 1.82) is 5.26 Å². The molecule has 24 heavy (non-hydrogen) atoms. The van der Waals surface area contributed by atoms with E-state index in [0.717, 1.165) is 11.4 Å². The van der Waals surface area contributed by atoms with Gasteiger partial charge in [0.2, 0.25) is 5.95 Å². The van der Waals surface area contributed by atoms with E-state index in [-0.39, 0.29) is 0 Å². The van der Waals surface area contributed by atoms with Gasteiger partial charge in [-0.25, -0.2) is 0 Å². The van der Waals surface area contributed by atoms with Crippen LogP contribution in [0.2, 0.25) is 0 Å². The molecule has 7 heteroatoms. The molecule has 0 aliphatic carbocycles. The molecule has 0 atom stereocenters. The Morgan fingerprint density at radius 3 is 2.58 bits per heavy atom. The van der Waals surface area contributed by atoms with Gasteiger partial charge in [-0.3, -0.25) is 0 Å². The van der Waals surface area contributed by atoms with Crippen molar-refractivity contribution in [2.75, 3.05) is 17.7 Å². The summed E-state index contributed by atoms with van der Waals surface area (Å²) in [5, 5.41) is 22.9. The molecule has 1 aromatic heterocycles. The highest BCUT2D eigenvalue weighted by Crippen LogP contribution is 2.25. The molecule has 2 aromatic carbocycles. The molecule has 118 valence electrons. The van der Waals surface area contributed by atoms with E-state index in [9.17, 15) is 0 Å². The lowest BCUT2D eigenvalue weighted by atomic mass is 10.2. The van der Waals surface area contributed by atoms with E-state index in [0.29, 0.717) is 23.1 Å². The number of ether oxygens (including phenoxy) is 1. The zero-order valence-electron chi connectivity index (χ0n) is 12.9. The van der Waals surface area contributed by atoms with Crippen molar-refractivity contribution < 1.29 is 4.74 Å². The molecule has 0 saturated heterocycles. The Balaban J connectivity index is 1.77. The number of rotatable bonds is 5. The number of aromatic nitrogens is 3. The fourth-order valence-electron chi connectivity index (χ4n) is 2.06. The lowest BCUT2D eigenvalue weighted by molar-refractivity contribution is 0.417. The number of nitrogens with zero attached hydrogens (tertiary/aromatic N) is 4. The zero-order valence-corrected chi connectivity index (χ0v) is 12.9. The standard InChI is InChI=1S/C17H14N6O/c1-24-15-5-3-2-4-14(15)21-17-22-16(11-19-23-17)20-13-8-6-12(10-18)7-9-13/h2-9,11H,1H3,(H2,20,21,22,23). The maximum Gasteiger partial charge on any atom is 0.249 e. The van der Waals surface area contributed by atoms with E-state index in [1.807, 2.05) is 24.3 Å². The molecule has 0 spiro atoms.